The SMILES string of the molecule is O=C(O)c1cccc(-c2ccc3c(c2)CCC(N2CCCC2)C3)c1. The number of carbonyl (C=O) groups is 1. The summed E-state index contributed by atoms with van der Waals surface area (Å²) in [5, 5.41) is 9.18. The molecule has 0 aromatic heterocycles. The Morgan fingerprint density at radius 1 is 1.00 bits per heavy atom. The molecule has 1 atom stereocenters. The van der Waals surface area contributed by atoms with Crippen molar-refractivity contribution in [1.29, 1.82) is 0 Å². The number of aryl methyl sites for hydroxylation is 1. The van der Waals surface area contributed by atoms with Crippen LogP contribution in [0.4, 0.5) is 0 Å². The smallest absolute Gasteiger partial charge is 0.335 e. The summed E-state index contributed by atoms with van der Waals surface area (Å²) in [6.45, 7) is 2.53. The van der Waals surface area contributed by atoms with Gasteiger partial charge in [-0.25, -0.2) is 4.79 Å². The Morgan fingerprint density at radius 3 is 2.58 bits per heavy atom. The highest BCUT2D eigenvalue weighted by Gasteiger charge is 2.26. The number of benzene rings is 2. The summed E-state index contributed by atoms with van der Waals surface area (Å²) in [5.74, 6) is -0.872. The molecule has 0 spiro atoms. The van der Waals surface area contributed by atoms with Gasteiger partial charge in [0.25, 0.3) is 0 Å². The molecule has 1 unspecified atom stereocenters. The number of likely N-dealkylation sites (tertiary alicyclic amines) is 1. The summed E-state index contributed by atoms with van der Waals surface area (Å²) in [5.41, 5.74) is 5.36. The van der Waals surface area contributed by atoms with Crippen LogP contribution in [0.3, 0.4) is 0 Å². The highest BCUT2D eigenvalue weighted by atomic mass is 16.4. The fourth-order valence-corrected chi connectivity index (χ4v) is 4.17. The predicted octanol–water partition coefficient (Wildman–Crippen LogP) is 4.00. The number of hydrogen-bond acceptors (Lipinski definition) is 2. The second kappa shape index (κ2) is 6.40. The molecule has 1 aliphatic carbocycles. The fourth-order valence-electron chi connectivity index (χ4n) is 4.17. The maximum atomic E-state index is 11.2. The van der Waals surface area contributed by atoms with Crippen molar-refractivity contribution in [3.63, 3.8) is 0 Å². The van der Waals surface area contributed by atoms with E-state index in [9.17, 15) is 9.90 Å². The Morgan fingerprint density at radius 2 is 1.79 bits per heavy atom. The third kappa shape index (κ3) is 2.96. The fraction of sp³-hybridized carbons (Fsp3) is 0.381. The zero-order chi connectivity index (χ0) is 16.5. The van der Waals surface area contributed by atoms with Crippen molar-refractivity contribution in [2.24, 2.45) is 0 Å². The van der Waals surface area contributed by atoms with Crippen LogP contribution in [0.2, 0.25) is 0 Å². The Kier molecular flexibility index (Phi) is 4.11. The van der Waals surface area contributed by atoms with Crippen LogP contribution in [0.15, 0.2) is 42.5 Å². The average Bonchev–Trinajstić information content (AvgIpc) is 3.15. The van der Waals surface area contributed by atoms with E-state index in [0.29, 0.717) is 11.6 Å². The second-order valence-electron chi connectivity index (χ2n) is 7.01. The number of carboxylic acid groups (broad SMARTS) is 1. The first kappa shape index (κ1) is 15.4. The minimum Gasteiger partial charge on any atom is -0.478 e. The van der Waals surface area contributed by atoms with Crippen molar-refractivity contribution in [1.82, 2.24) is 4.90 Å². The Labute approximate surface area is 142 Å². The van der Waals surface area contributed by atoms with Gasteiger partial charge in [-0.3, -0.25) is 0 Å². The molecule has 1 saturated heterocycles. The Bertz CT molecular complexity index is 762. The van der Waals surface area contributed by atoms with E-state index in [1.165, 1.54) is 43.5 Å². The summed E-state index contributed by atoms with van der Waals surface area (Å²) in [7, 11) is 0. The first-order valence-electron chi connectivity index (χ1n) is 8.90. The number of hydrogen-bond donors (Lipinski definition) is 1. The second-order valence-corrected chi connectivity index (χ2v) is 7.01. The lowest BCUT2D eigenvalue weighted by molar-refractivity contribution is 0.0697. The van der Waals surface area contributed by atoms with E-state index in [4.69, 9.17) is 0 Å². The number of rotatable bonds is 3. The largest absolute Gasteiger partial charge is 0.478 e. The van der Waals surface area contributed by atoms with Crippen LogP contribution < -0.4 is 0 Å². The van der Waals surface area contributed by atoms with Crippen LogP contribution in [0.25, 0.3) is 11.1 Å². The lowest BCUT2D eigenvalue weighted by Gasteiger charge is -2.32. The molecule has 24 heavy (non-hydrogen) atoms. The van der Waals surface area contributed by atoms with Gasteiger partial charge in [-0.2, -0.15) is 0 Å². The minimum absolute atomic E-state index is 0.347. The van der Waals surface area contributed by atoms with E-state index in [-0.39, 0.29) is 0 Å². The molecule has 3 heteroatoms. The van der Waals surface area contributed by atoms with Crippen molar-refractivity contribution in [2.75, 3.05) is 13.1 Å². The molecule has 0 amide bonds. The molecule has 0 radical (unpaired) electrons. The van der Waals surface area contributed by atoms with Crippen LogP contribution in [-0.4, -0.2) is 35.1 Å². The minimum atomic E-state index is -0.872. The lowest BCUT2D eigenvalue weighted by Crippen LogP contribution is -2.37. The molecule has 1 heterocycles. The van der Waals surface area contributed by atoms with Gasteiger partial charge in [0, 0.05) is 6.04 Å². The van der Waals surface area contributed by atoms with Crippen molar-refractivity contribution in [3.8, 4) is 11.1 Å². The summed E-state index contributed by atoms with van der Waals surface area (Å²) in [6.07, 6.45) is 6.23. The van der Waals surface area contributed by atoms with Crippen LogP contribution >= 0.6 is 0 Å². The molecule has 4 rings (SSSR count). The molecule has 1 fully saturated rings. The average molecular weight is 321 g/mol. The molecule has 0 saturated carbocycles. The first-order valence-corrected chi connectivity index (χ1v) is 8.90. The van der Waals surface area contributed by atoms with E-state index >= 15 is 0 Å². The monoisotopic (exact) mass is 321 g/mol. The summed E-state index contributed by atoms with van der Waals surface area (Å²) >= 11 is 0. The maximum absolute atomic E-state index is 11.2. The van der Waals surface area contributed by atoms with Crippen LogP contribution in [0.1, 0.15) is 40.7 Å². The van der Waals surface area contributed by atoms with Crippen molar-refractivity contribution in [3.05, 3.63) is 59.2 Å². The Hall–Kier alpha value is -2.13. The van der Waals surface area contributed by atoms with E-state index in [2.05, 4.69) is 23.1 Å². The number of carboxylic acids is 1. The van der Waals surface area contributed by atoms with Gasteiger partial charge in [0.15, 0.2) is 0 Å². The molecule has 1 aliphatic heterocycles. The number of nitrogens with zero attached hydrogens (tertiary/aromatic N) is 1. The molecule has 2 aromatic carbocycles. The molecule has 124 valence electrons. The van der Waals surface area contributed by atoms with Gasteiger partial charge in [0.1, 0.15) is 0 Å². The lowest BCUT2D eigenvalue weighted by atomic mass is 9.85. The normalized spacial score (nSPS) is 20.8. The first-order chi connectivity index (χ1) is 11.7. The molecule has 3 nitrogen and oxygen atoms in total. The number of fused-ring (bicyclic) bond motifs is 1. The van der Waals surface area contributed by atoms with Crippen LogP contribution in [0.5, 0.6) is 0 Å². The third-order valence-electron chi connectivity index (χ3n) is 5.51. The van der Waals surface area contributed by atoms with Gasteiger partial charge in [-0.15, -0.1) is 0 Å². The summed E-state index contributed by atoms with van der Waals surface area (Å²) in [4.78, 5) is 13.8. The van der Waals surface area contributed by atoms with Gasteiger partial charge < -0.3 is 10.0 Å². The van der Waals surface area contributed by atoms with Gasteiger partial charge in [0.05, 0.1) is 5.56 Å². The molecule has 2 aliphatic rings. The van der Waals surface area contributed by atoms with Gasteiger partial charge in [-0.1, -0.05) is 30.3 Å². The topological polar surface area (TPSA) is 40.5 Å². The van der Waals surface area contributed by atoms with Crippen molar-refractivity contribution < 1.29 is 9.90 Å². The predicted molar refractivity (Wildman–Crippen MR) is 95.5 cm³/mol. The van der Waals surface area contributed by atoms with E-state index in [1.54, 1.807) is 12.1 Å². The van der Waals surface area contributed by atoms with E-state index in [1.807, 2.05) is 12.1 Å². The van der Waals surface area contributed by atoms with E-state index < -0.39 is 5.97 Å². The third-order valence-corrected chi connectivity index (χ3v) is 5.51. The maximum Gasteiger partial charge on any atom is 0.335 e. The summed E-state index contributed by atoms with van der Waals surface area (Å²) in [6, 6.07) is 14.6. The highest BCUT2D eigenvalue weighted by molar-refractivity contribution is 5.89. The van der Waals surface area contributed by atoms with Gasteiger partial charge in [0.2, 0.25) is 0 Å². The standard InChI is InChI=1S/C21H23NO2/c23-21(24)19-5-3-4-15(13-19)16-6-7-18-14-20(9-8-17(18)12-16)22-10-1-2-11-22/h3-7,12-13,20H,1-2,8-11,14H2,(H,23,24). The molecular formula is C21H23NO2. The van der Waals surface area contributed by atoms with Crippen molar-refractivity contribution in [2.45, 2.75) is 38.1 Å². The molecular weight excluding hydrogens is 298 g/mol. The molecule has 2 aromatic rings. The van der Waals surface area contributed by atoms with Crippen LogP contribution in [0, 0.1) is 0 Å². The highest BCUT2D eigenvalue weighted by Crippen LogP contribution is 2.30. The van der Waals surface area contributed by atoms with Gasteiger partial charge >= 0.3 is 5.97 Å². The van der Waals surface area contributed by atoms with Crippen LogP contribution in [-0.2, 0) is 12.8 Å². The van der Waals surface area contributed by atoms with Crippen molar-refractivity contribution >= 4 is 5.97 Å². The number of aromatic carboxylic acids is 1. The zero-order valence-electron chi connectivity index (χ0n) is 13.9. The Balaban J connectivity index is 1.58. The quantitative estimate of drug-likeness (QED) is 0.929. The zero-order valence-corrected chi connectivity index (χ0v) is 13.9. The molecule has 1 N–H and O–H groups in total. The summed E-state index contributed by atoms with van der Waals surface area (Å²) < 4.78 is 0. The van der Waals surface area contributed by atoms with E-state index in [0.717, 1.165) is 24.0 Å². The molecule has 0 bridgehead atoms. The van der Waals surface area contributed by atoms with Gasteiger partial charge in [-0.05, 0) is 79.6 Å².